The lowest BCUT2D eigenvalue weighted by Gasteiger charge is -2.22. The van der Waals surface area contributed by atoms with Gasteiger partial charge in [-0.05, 0) is 42.8 Å². The monoisotopic (exact) mass is 378 g/mol. The Hall–Kier alpha value is -3.54. The third-order valence-corrected chi connectivity index (χ3v) is 4.54. The van der Waals surface area contributed by atoms with Crippen molar-refractivity contribution in [2.24, 2.45) is 0 Å². The van der Waals surface area contributed by atoms with Gasteiger partial charge in [0, 0.05) is 11.6 Å². The molecule has 0 radical (unpaired) electrons. The first-order valence-electron chi connectivity index (χ1n) is 8.80. The number of benzene rings is 2. The minimum Gasteiger partial charge on any atom is -0.485 e. The molecule has 0 fully saturated rings. The van der Waals surface area contributed by atoms with Gasteiger partial charge in [0.2, 0.25) is 5.78 Å². The fourth-order valence-corrected chi connectivity index (χ4v) is 3.03. The van der Waals surface area contributed by atoms with Crippen molar-refractivity contribution in [1.82, 2.24) is 0 Å². The van der Waals surface area contributed by atoms with Crippen molar-refractivity contribution in [3.05, 3.63) is 71.0 Å². The maximum Gasteiger partial charge on any atom is 0.343 e. The highest BCUT2D eigenvalue weighted by atomic mass is 16.6. The van der Waals surface area contributed by atoms with Gasteiger partial charge in [-0.1, -0.05) is 18.2 Å². The van der Waals surface area contributed by atoms with Gasteiger partial charge in [-0.2, -0.15) is 0 Å². The Morgan fingerprint density at radius 3 is 2.82 bits per heavy atom. The van der Waals surface area contributed by atoms with Crippen molar-refractivity contribution in [2.75, 3.05) is 13.7 Å². The second-order valence-electron chi connectivity index (χ2n) is 6.40. The lowest BCUT2D eigenvalue weighted by Crippen LogP contribution is -2.18. The molecule has 0 bridgehead atoms. The largest absolute Gasteiger partial charge is 0.485 e. The van der Waals surface area contributed by atoms with Crippen LogP contribution >= 0.6 is 0 Å². The molecule has 0 amide bonds. The summed E-state index contributed by atoms with van der Waals surface area (Å²) in [5.41, 5.74) is 2.24. The first-order chi connectivity index (χ1) is 13.5. The van der Waals surface area contributed by atoms with Crippen LogP contribution in [0.1, 0.15) is 22.8 Å². The van der Waals surface area contributed by atoms with Gasteiger partial charge in [0.15, 0.2) is 12.4 Å². The van der Waals surface area contributed by atoms with E-state index in [-0.39, 0.29) is 24.3 Å². The van der Waals surface area contributed by atoms with E-state index in [4.69, 9.17) is 14.2 Å². The number of methoxy groups -OCH3 is 1. The smallest absolute Gasteiger partial charge is 0.343 e. The summed E-state index contributed by atoms with van der Waals surface area (Å²) in [5.74, 6) is 1.15. The standard InChI is InChI=1S/C22H18O6/c1-13-15(9-14-5-3-4-6-18(14)27-13)10-20-22(24)17-8-7-16(11-19(17)28-20)26-12-21(23)25-2/h3-11,13H,12H2,1-2H3/b20-10+/t13-/m0/s1. The van der Waals surface area contributed by atoms with Gasteiger partial charge in [0.25, 0.3) is 0 Å². The topological polar surface area (TPSA) is 71.1 Å². The van der Waals surface area contributed by atoms with Crippen molar-refractivity contribution in [1.29, 1.82) is 0 Å². The molecular weight excluding hydrogens is 360 g/mol. The predicted molar refractivity (Wildman–Crippen MR) is 102 cm³/mol. The number of carbonyl (C=O) groups is 2. The molecule has 142 valence electrons. The fourth-order valence-electron chi connectivity index (χ4n) is 3.03. The molecule has 1 atom stereocenters. The number of esters is 1. The molecule has 0 aliphatic carbocycles. The van der Waals surface area contributed by atoms with Crippen LogP contribution in [-0.2, 0) is 9.53 Å². The summed E-state index contributed by atoms with van der Waals surface area (Å²) < 4.78 is 21.5. The zero-order valence-electron chi connectivity index (χ0n) is 15.4. The molecule has 2 heterocycles. The summed E-state index contributed by atoms with van der Waals surface area (Å²) in [6, 6.07) is 12.5. The molecule has 6 heteroatoms. The third-order valence-electron chi connectivity index (χ3n) is 4.54. The maximum atomic E-state index is 12.7. The molecule has 0 N–H and O–H groups in total. The van der Waals surface area contributed by atoms with Gasteiger partial charge >= 0.3 is 5.97 Å². The summed E-state index contributed by atoms with van der Waals surface area (Å²) in [6.07, 6.45) is 3.49. The lowest BCUT2D eigenvalue weighted by molar-refractivity contribution is -0.142. The molecule has 0 saturated carbocycles. The third kappa shape index (κ3) is 3.36. The molecule has 2 aromatic rings. The molecule has 2 aliphatic heterocycles. The Bertz CT molecular complexity index is 1020. The van der Waals surface area contributed by atoms with Gasteiger partial charge in [0.05, 0.1) is 12.7 Å². The second-order valence-corrected chi connectivity index (χ2v) is 6.40. The van der Waals surface area contributed by atoms with E-state index in [1.54, 1.807) is 24.3 Å². The Kier molecular flexibility index (Phi) is 4.61. The quantitative estimate of drug-likeness (QED) is 0.598. The van der Waals surface area contributed by atoms with Crippen LogP contribution in [0.5, 0.6) is 17.2 Å². The molecule has 0 aromatic heterocycles. The molecule has 6 nitrogen and oxygen atoms in total. The number of para-hydroxylation sites is 1. The number of rotatable bonds is 4. The van der Waals surface area contributed by atoms with E-state index in [1.807, 2.05) is 37.3 Å². The molecule has 28 heavy (non-hydrogen) atoms. The van der Waals surface area contributed by atoms with E-state index in [0.29, 0.717) is 17.1 Å². The molecule has 0 unspecified atom stereocenters. The Labute approximate surface area is 162 Å². The van der Waals surface area contributed by atoms with Crippen LogP contribution in [0.4, 0.5) is 0 Å². The number of ketones is 1. The van der Waals surface area contributed by atoms with Gasteiger partial charge in [-0.25, -0.2) is 4.79 Å². The van der Waals surface area contributed by atoms with E-state index in [1.165, 1.54) is 7.11 Å². The molecule has 0 spiro atoms. The highest BCUT2D eigenvalue weighted by Gasteiger charge is 2.29. The maximum absolute atomic E-state index is 12.7. The van der Waals surface area contributed by atoms with E-state index < -0.39 is 5.97 Å². The summed E-state index contributed by atoms with van der Waals surface area (Å²) in [4.78, 5) is 23.9. The number of hydrogen-bond donors (Lipinski definition) is 0. The highest BCUT2D eigenvalue weighted by molar-refractivity contribution is 6.12. The Morgan fingerprint density at radius 1 is 1.18 bits per heavy atom. The Morgan fingerprint density at radius 2 is 2.00 bits per heavy atom. The van der Waals surface area contributed by atoms with Crippen LogP contribution in [0.2, 0.25) is 0 Å². The number of hydrogen-bond acceptors (Lipinski definition) is 6. The molecule has 0 saturated heterocycles. The predicted octanol–water partition coefficient (Wildman–Crippen LogP) is 3.56. The molecule has 4 rings (SSSR count). The van der Waals surface area contributed by atoms with Crippen molar-refractivity contribution >= 4 is 17.8 Å². The number of allylic oxidation sites excluding steroid dienone is 1. The van der Waals surface area contributed by atoms with E-state index >= 15 is 0 Å². The second kappa shape index (κ2) is 7.23. The van der Waals surface area contributed by atoms with Gasteiger partial charge in [-0.15, -0.1) is 0 Å². The van der Waals surface area contributed by atoms with Crippen LogP contribution < -0.4 is 14.2 Å². The van der Waals surface area contributed by atoms with E-state index in [2.05, 4.69) is 4.74 Å². The van der Waals surface area contributed by atoms with Crippen LogP contribution in [0.15, 0.2) is 59.9 Å². The number of ether oxygens (including phenoxy) is 4. The van der Waals surface area contributed by atoms with Gasteiger partial charge < -0.3 is 18.9 Å². The molecule has 2 aliphatic rings. The first-order valence-corrected chi connectivity index (χ1v) is 8.80. The molecular formula is C22H18O6. The summed E-state index contributed by atoms with van der Waals surface area (Å²) in [7, 11) is 1.29. The Balaban J connectivity index is 1.57. The van der Waals surface area contributed by atoms with Crippen LogP contribution in [0.25, 0.3) is 6.08 Å². The van der Waals surface area contributed by atoms with Crippen LogP contribution in [0.3, 0.4) is 0 Å². The van der Waals surface area contributed by atoms with Crippen LogP contribution in [0, 0.1) is 0 Å². The fraction of sp³-hybridized carbons (Fsp3) is 0.182. The highest BCUT2D eigenvalue weighted by Crippen LogP contribution is 2.36. The average Bonchev–Trinajstić information content (AvgIpc) is 3.01. The minimum atomic E-state index is -0.489. The van der Waals surface area contributed by atoms with Crippen molar-refractivity contribution in [2.45, 2.75) is 13.0 Å². The van der Waals surface area contributed by atoms with Gasteiger partial charge in [-0.3, -0.25) is 4.79 Å². The van der Waals surface area contributed by atoms with E-state index in [9.17, 15) is 9.59 Å². The van der Waals surface area contributed by atoms with Crippen LogP contribution in [-0.4, -0.2) is 31.6 Å². The van der Waals surface area contributed by atoms with Crippen molar-refractivity contribution in [3.63, 3.8) is 0 Å². The minimum absolute atomic E-state index is 0.207. The average molecular weight is 378 g/mol. The lowest BCUT2D eigenvalue weighted by atomic mass is 10.0. The zero-order valence-corrected chi connectivity index (χ0v) is 15.4. The molecule has 2 aromatic carbocycles. The number of fused-ring (bicyclic) bond motifs is 2. The number of carbonyl (C=O) groups excluding carboxylic acids is 2. The summed E-state index contributed by atoms with van der Waals surface area (Å²) in [6.45, 7) is 1.71. The van der Waals surface area contributed by atoms with Crippen molar-refractivity contribution < 1.29 is 28.5 Å². The first kappa shape index (κ1) is 17.9. The van der Waals surface area contributed by atoms with E-state index in [0.717, 1.165) is 16.9 Å². The van der Waals surface area contributed by atoms with Gasteiger partial charge in [0.1, 0.15) is 23.4 Å². The van der Waals surface area contributed by atoms with Crippen molar-refractivity contribution in [3.8, 4) is 17.2 Å². The zero-order chi connectivity index (χ0) is 19.7. The SMILES string of the molecule is COC(=O)COc1ccc2c(c1)O/C(=C/C1=Cc3ccccc3O[C@H]1C)C2=O. The summed E-state index contributed by atoms with van der Waals surface area (Å²) in [5, 5.41) is 0. The number of Topliss-reactive ketones (excluding diaryl/α,β-unsaturated/α-hetero) is 1. The normalized spacial score (nSPS) is 18.5. The summed E-state index contributed by atoms with van der Waals surface area (Å²) >= 11 is 0.